The summed E-state index contributed by atoms with van der Waals surface area (Å²) < 4.78 is 15.9. The summed E-state index contributed by atoms with van der Waals surface area (Å²) in [4.78, 5) is 22.2. The van der Waals surface area contributed by atoms with Crippen LogP contribution in [0.3, 0.4) is 0 Å². The number of rotatable bonds is 5. The van der Waals surface area contributed by atoms with Crippen molar-refractivity contribution in [3.05, 3.63) is 30.6 Å². The molecule has 1 aliphatic rings. The average Bonchev–Trinajstić information content (AvgIpc) is 2.69. The highest BCUT2D eigenvalue weighted by molar-refractivity contribution is 5.73. The van der Waals surface area contributed by atoms with Gasteiger partial charge in [-0.1, -0.05) is 12.1 Å². The Morgan fingerprint density at radius 1 is 1.15 bits per heavy atom. The van der Waals surface area contributed by atoms with Crippen LogP contribution in [0.1, 0.15) is 12.8 Å². The van der Waals surface area contributed by atoms with Crippen LogP contribution in [0, 0.1) is 5.92 Å². The van der Waals surface area contributed by atoms with Gasteiger partial charge < -0.3 is 24.8 Å². The quantitative estimate of drug-likeness (QED) is 0.813. The molecule has 1 aromatic carbocycles. The van der Waals surface area contributed by atoms with Gasteiger partial charge >= 0.3 is 5.97 Å². The smallest absolute Gasteiger partial charge is 0.308 e. The van der Waals surface area contributed by atoms with Gasteiger partial charge in [0.05, 0.1) is 20.1 Å². The minimum atomic E-state index is -0.166. The minimum absolute atomic E-state index is 0.0800. The number of carbonyl (C=O) groups excluding carboxylic acids is 1. The fraction of sp³-hybridized carbons (Fsp3) is 0.389. The summed E-state index contributed by atoms with van der Waals surface area (Å²) in [6.45, 7) is 1.32. The third-order valence-electron chi connectivity index (χ3n) is 4.43. The molecule has 0 amide bonds. The molecule has 0 spiro atoms. The van der Waals surface area contributed by atoms with Crippen molar-refractivity contribution < 1.29 is 19.0 Å². The number of nitrogen functional groups attached to an aromatic ring is 1. The Labute approximate surface area is 151 Å². The van der Waals surface area contributed by atoms with Gasteiger partial charge in [0.15, 0.2) is 17.3 Å². The molecule has 8 heteroatoms. The van der Waals surface area contributed by atoms with E-state index in [9.17, 15) is 4.79 Å². The first kappa shape index (κ1) is 17.8. The van der Waals surface area contributed by atoms with Crippen LogP contribution < -0.4 is 20.1 Å². The van der Waals surface area contributed by atoms with E-state index in [0.29, 0.717) is 48.9 Å². The number of benzene rings is 1. The van der Waals surface area contributed by atoms with Crippen molar-refractivity contribution in [2.45, 2.75) is 12.8 Å². The molecule has 26 heavy (non-hydrogen) atoms. The zero-order chi connectivity index (χ0) is 18.5. The minimum Gasteiger partial charge on any atom is -0.493 e. The van der Waals surface area contributed by atoms with Crippen molar-refractivity contribution >= 4 is 17.5 Å². The van der Waals surface area contributed by atoms with Gasteiger partial charge in [-0.3, -0.25) is 4.79 Å². The highest BCUT2D eigenvalue weighted by Crippen LogP contribution is 2.36. The highest BCUT2D eigenvalue weighted by Gasteiger charge is 2.28. The van der Waals surface area contributed by atoms with E-state index in [1.165, 1.54) is 13.4 Å². The molecule has 8 nitrogen and oxygen atoms in total. The third kappa shape index (κ3) is 3.63. The summed E-state index contributed by atoms with van der Waals surface area (Å²) in [6.07, 6.45) is 2.81. The number of piperidine rings is 1. The largest absolute Gasteiger partial charge is 0.493 e. The van der Waals surface area contributed by atoms with Crippen LogP contribution >= 0.6 is 0 Å². The second-order valence-electron chi connectivity index (χ2n) is 5.95. The summed E-state index contributed by atoms with van der Waals surface area (Å²) in [5.74, 6) is 1.74. The van der Waals surface area contributed by atoms with E-state index in [1.807, 2.05) is 17.0 Å². The maximum Gasteiger partial charge on any atom is 0.308 e. The molecule has 1 saturated heterocycles. The molecule has 1 fully saturated rings. The summed E-state index contributed by atoms with van der Waals surface area (Å²) in [5.41, 5.74) is 6.61. The van der Waals surface area contributed by atoms with Gasteiger partial charge in [0, 0.05) is 13.1 Å². The predicted molar refractivity (Wildman–Crippen MR) is 96.5 cm³/mol. The molecule has 138 valence electrons. The zero-order valence-corrected chi connectivity index (χ0v) is 14.8. The average molecular weight is 358 g/mol. The molecule has 1 aromatic heterocycles. The van der Waals surface area contributed by atoms with E-state index >= 15 is 0 Å². The molecule has 0 radical (unpaired) electrons. The number of hydrogen-bond donors (Lipinski definition) is 1. The number of carbonyl (C=O) groups is 1. The Bertz CT molecular complexity index is 776. The van der Waals surface area contributed by atoms with Crippen LogP contribution in [0.15, 0.2) is 30.6 Å². The number of ether oxygens (including phenoxy) is 3. The van der Waals surface area contributed by atoms with Crippen molar-refractivity contribution in [1.29, 1.82) is 0 Å². The number of para-hydroxylation sites is 2. The van der Waals surface area contributed by atoms with Crippen molar-refractivity contribution in [1.82, 2.24) is 9.97 Å². The molecule has 0 aliphatic carbocycles. The van der Waals surface area contributed by atoms with Gasteiger partial charge in [-0.25, -0.2) is 4.98 Å². The first-order chi connectivity index (χ1) is 12.6. The molecule has 2 aromatic rings. The second kappa shape index (κ2) is 7.90. The molecule has 2 N–H and O–H groups in total. The van der Waals surface area contributed by atoms with Gasteiger partial charge in [-0.2, -0.15) is 4.98 Å². The van der Waals surface area contributed by atoms with Gasteiger partial charge in [0.2, 0.25) is 5.88 Å². The van der Waals surface area contributed by atoms with Crippen LogP contribution in [0.2, 0.25) is 0 Å². The molecule has 0 atom stereocenters. The number of nitrogens with two attached hydrogens (primary N) is 1. The van der Waals surface area contributed by atoms with Gasteiger partial charge in [-0.15, -0.1) is 0 Å². The lowest BCUT2D eigenvalue weighted by atomic mass is 9.97. The Balaban J connectivity index is 1.77. The molecular formula is C18H22N4O4. The van der Waals surface area contributed by atoms with Crippen LogP contribution in [0.25, 0.3) is 0 Å². The Morgan fingerprint density at radius 3 is 2.50 bits per heavy atom. The maximum atomic E-state index is 11.7. The van der Waals surface area contributed by atoms with Crippen LogP contribution in [0.4, 0.5) is 11.5 Å². The van der Waals surface area contributed by atoms with E-state index < -0.39 is 0 Å². The van der Waals surface area contributed by atoms with Crippen molar-refractivity contribution in [2.24, 2.45) is 5.92 Å². The molecule has 0 saturated carbocycles. The molecule has 2 heterocycles. The molecule has 3 rings (SSSR count). The Morgan fingerprint density at radius 2 is 1.85 bits per heavy atom. The fourth-order valence-corrected chi connectivity index (χ4v) is 3.00. The van der Waals surface area contributed by atoms with Crippen molar-refractivity contribution in [3.63, 3.8) is 0 Å². The summed E-state index contributed by atoms with van der Waals surface area (Å²) in [5, 5.41) is 0. The third-order valence-corrected chi connectivity index (χ3v) is 4.43. The maximum absolute atomic E-state index is 11.7. The zero-order valence-electron chi connectivity index (χ0n) is 14.8. The van der Waals surface area contributed by atoms with Gasteiger partial charge in [0.1, 0.15) is 12.0 Å². The Hall–Kier alpha value is -3.03. The van der Waals surface area contributed by atoms with Crippen LogP contribution in [0.5, 0.6) is 17.4 Å². The first-order valence-corrected chi connectivity index (χ1v) is 8.38. The number of aromatic nitrogens is 2. The van der Waals surface area contributed by atoms with E-state index in [-0.39, 0.29) is 17.8 Å². The predicted octanol–water partition coefficient (Wildman–Crippen LogP) is 2.25. The number of methoxy groups -OCH3 is 2. The lowest BCUT2D eigenvalue weighted by Crippen LogP contribution is -2.37. The molecule has 0 unspecified atom stereocenters. The summed E-state index contributed by atoms with van der Waals surface area (Å²) in [6, 6.07) is 7.27. The van der Waals surface area contributed by atoms with Gasteiger partial charge in [0.25, 0.3) is 0 Å². The molecular weight excluding hydrogens is 336 g/mol. The van der Waals surface area contributed by atoms with Gasteiger partial charge in [-0.05, 0) is 25.0 Å². The molecule has 0 bridgehead atoms. The topological polar surface area (TPSA) is 99.8 Å². The van der Waals surface area contributed by atoms with Crippen LogP contribution in [-0.2, 0) is 9.53 Å². The van der Waals surface area contributed by atoms with E-state index in [0.717, 1.165) is 0 Å². The number of anilines is 2. The number of hydrogen-bond acceptors (Lipinski definition) is 8. The lowest BCUT2D eigenvalue weighted by Gasteiger charge is -2.32. The summed E-state index contributed by atoms with van der Waals surface area (Å²) >= 11 is 0. The van der Waals surface area contributed by atoms with E-state index in [1.54, 1.807) is 19.2 Å². The SMILES string of the molecule is COC(=O)C1CCN(c2ncnc(Oc3ccccc3OC)c2N)CC1. The normalized spacial score (nSPS) is 14.8. The number of esters is 1. The fourth-order valence-electron chi connectivity index (χ4n) is 3.00. The molecule has 1 aliphatic heterocycles. The lowest BCUT2D eigenvalue weighted by molar-refractivity contribution is -0.146. The van der Waals surface area contributed by atoms with Crippen LogP contribution in [-0.4, -0.2) is 43.2 Å². The van der Waals surface area contributed by atoms with Crippen molar-refractivity contribution in [2.75, 3.05) is 37.9 Å². The Kier molecular flexibility index (Phi) is 5.40. The first-order valence-electron chi connectivity index (χ1n) is 8.38. The van der Waals surface area contributed by atoms with E-state index in [2.05, 4.69) is 9.97 Å². The standard InChI is InChI=1S/C18H22N4O4/c1-24-13-5-3-4-6-14(13)26-17-15(19)16(20-11-21-17)22-9-7-12(8-10-22)18(23)25-2/h3-6,11-12H,7-10,19H2,1-2H3. The number of nitrogens with zero attached hydrogens (tertiary/aromatic N) is 3. The summed E-state index contributed by atoms with van der Waals surface area (Å²) in [7, 11) is 2.99. The second-order valence-corrected chi connectivity index (χ2v) is 5.95. The monoisotopic (exact) mass is 358 g/mol. The highest BCUT2D eigenvalue weighted by atomic mass is 16.5. The van der Waals surface area contributed by atoms with E-state index in [4.69, 9.17) is 19.9 Å². The van der Waals surface area contributed by atoms with Crippen molar-refractivity contribution in [3.8, 4) is 17.4 Å².